The minimum Gasteiger partial charge on any atom is -0.398 e. The molecular formula is C13H19ClN2O2S2. The van der Waals surface area contributed by atoms with Gasteiger partial charge >= 0.3 is 0 Å². The number of nitrogen functional groups attached to an aromatic ring is 1. The average Bonchev–Trinajstić information content (AvgIpc) is 2.81. The molecule has 0 saturated heterocycles. The molecule has 2 unspecified atom stereocenters. The summed E-state index contributed by atoms with van der Waals surface area (Å²) in [5.41, 5.74) is 6.90. The lowest BCUT2D eigenvalue weighted by Gasteiger charge is -2.19. The van der Waals surface area contributed by atoms with Crippen LogP contribution in [0.25, 0.3) is 0 Å². The summed E-state index contributed by atoms with van der Waals surface area (Å²) in [7, 11) is -3.58. The standard InChI is InChI=1S/C13H19ClN2O2S2/c1-8-10(14)6-9(7-11(8)15)20(17,18)16-12-4-3-5-13(12)19-2/h6-7,12-13,16H,3-5,15H2,1-2H3. The van der Waals surface area contributed by atoms with Crippen molar-refractivity contribution in [2.75, 3.05) is 12.0 Å². The third-order valence-corrected chi connectivity index (χ3v) is 6.76. The molecule has 3 N–H and O–H groups in total. The number of hydrogen-bond acceptors (Lipinski definition) is 4. The molecule has 4 nitrogen and oxygen atoms in total. The second-order valence-electron chi connectivity index (χ2n) is 5.05. The number of halogens is 1. The van der Waals surface area contributed by atoms with E-state index in [4.69, 9.17) is 17.3 Å². The fourth-order valence-electron chi connectivity index (χ4n) is 2.44. The Morgan fingerprint density at radius 1 is 1.40 bits per heavy atom. The van der Waals surface area contributed by atoms with Crippen LogP contribution in [0.4, 0.5) is 5.69 Å². The zero-order chi connectivity index (χ0) is 14.9. The maximum absolute atomic E-state index is 12.4. The fraction of sp³-hybridized carbons (Fsp3) is 0.538. The van der Waals surface area contributed by atoms with Crippen molar-refractivity contribution in [1.29, 1.82) is 0 Å². The monoisotopic (exact) mass is 334 g/mol. The summed E-state index contributed by atoms with van der Waals surface area (Å²) in [6.45, 7) is 1.77. The van der Waals surface area contributed by atoms with E-state index in [-0.39, 0.29) is 10.9 Å². The van der Waals surface area contributed by atoms with Gasteiger partial charge in [-0.1, -0.05) is 18.0 Å². The van der Waals surface area contributed by atoms with Crippen LogP contribution in [0.15, 0.2) is 17.0 Å². The Morgan fingerprint density at radius 2 is 2.10 bits per heavy atom. The fourth-order valence-corrected chi connectivity index (χ4v) is 5.12. The van der Waals surface area contributed by atoms with Crippen LogP contribution in [-0.4, -0.2) is 26.0 Å². The number of nitrogens with two attached hydrogens (primary N) is 1. The van der Waals surface area contributed by atoms with Gasteiger partial charge in [-0.25, -0.2) is 13.1 Å². The van der Waals surface area contributed by atoms with Crippen molar-refractivity contribution in [3.63, 3.8) is 0 Å². The lowest BCUT2D eigenvalue weighted by atomic mass is 10.2. The zero-order valence-corrected chi connectivity index (χ0v) is 13.9. The van der Waals surface area contributed by atoms with Crippen LogP contribution in [0.5, 0.6) is 0 Å². The van der Waals surface area contributed by atoms with Gasteiger partial charge in [0.2, 0.25) is 10.0 Å². The highest BCUT2D eigenvalue weighted by Gasteiger charge is 2.31. The van der Waals surface area contributed by atoms with E-state index in [1.807, 2.05) is 6.26 Å². The van der Waals surface area contributed by atoms with Gasteiger partial charge in [0.25, 0.3) is 0 Å². The van der Waals surface area contributed by atoms with Crippen LogP contribution < -0.4 is 10.5 Å². The molecule has 7 heteroatoms. The van der Waals surface area contributed by atoms with Gasteiger partial charge in [0.1, 0.15) is 0 Å². The molecule has 112 valence electrons. The topological polar surface area (TPSA) is 72.2 Å². The highest BCUT2D eigenvalue weighted by molar-refractivity contribution is 7.99. The molecule has 0 aromatic heterocycles. The molecule has 0 heterocycles. The molecule has 2 atom stereocenters. The second-order valence-corrected chi connectivity index (χ2v) is 8.25. The third-order valence-electron chi connectivity index (χ3n) is 3.73. The molecule has 0 amide bonds. The van der Waals surface area contributed by atoms with Crippen LogP contribution in [-0.2, 0) is 10.0 Å². The van der Waals surface area contributed by atoms with Gasteiger partial charge in [-0.15, -0.1) is 0 Å². The molecule has 2 rings (SSSR count). The number of sulfonamides is 1. The van der Waals surface area contributed by atoms with Crippen LogP contribution in [0.3, 0.4) is 0 Å². The van der Waals surface area contributed by atoms with Gasteiger partial charge in [0, 0.05) is 22.0 Å². The van der Waals surface area contributed by atoms with Crippen molar-refractivity contribution < 1.29 is 8.42 Å². The largest absolute Gasteiger partial charge is 0.398 e. The van der Waals surface area contributed by atoms with Crippen LogP contribution >= 0.6 is 23.4 Å². The first-order valence-corrected chi connectivity index (χ1v) is 9.61. The van der Waals surface area contributed by atoms with Crippen molar-refractivity contribution in [3.8, 4) is 0 Å². The summed E-state index contributed by atoms with van der Waals surface area (Å²) >= 11 is 7.73. The molecule has 0 bridgehead atoms. The molecule has 20 heavy (non-hydrogen) atoms. The normalized spacial score (nSPS) is 23.1. The minimum absolute atomic E-state index is 0.0173. The Labute approximate surface area is 129 Å². The quantitative estimate of drug-likeness (QED) is 0.830. The van der Waals surface area contributed by atoms with E-state index in [0.29, 0.717) is 21.5 Å². The maximum Gasteiger partial charge on any atom is 0.240 e. The van der Waals surface area contributed by atoms with E-state index in [1.54, 1.807) is 18.7 Å². The number of hydrogen-bond donors (Lipinski definition) is 2. The Balaban J connectivity index is 2.27. The molecule has 1 aromatic carbocycles. The Hall–Kier alpha value is -0.430. The Kier molecular flexibility index (Phi) is 4.89. The van der Waals surface area contributed by atoms with Crippen LogP contribution in [0.1, 0.15) is 24.8 Å². The SMILES string of the molecule is CSC1CCCC1NS(=O)(=O)c1cc(N)c(C)c(Cl)c1. The van der Waals surface area contributed by atoms with Gasteiger partial charge < -0.3 is 5.73 Å². The van der Waals surface area contributed by atoms with E-state index >= 15 is 0 Å². The summed E-state index contributed by atoms with van der Waals surface area (Å²) < 4.78 is 27.6. The van der Waals surface area contributed by atoms with Gasteiger partial charge in [-0.05, 0) is 43.7 Å². The second kappa shape index (κ2) is 6.13. The summed E-state index contributed by atoms with van der Waals surface area (Å²) in [4.78, 5) is 0.136. The molecule has 0 spiro atoms. The minimum atomic E-state index is -3.58. The van der Waals surface area contributed by atoms with Gasteiger partial charge in [0.05, 0.1) is 4.90 Å². The highest BCUT2D eigenvalue weighted by Crippen LogP contribution is 2.31. The lowest BCUT2D eigenvalue weighted by Crippen LogP contribution is -2.38. The molecule has 1 aromatic rings. The van der Waals surface area contributed by atoms with Crippen molar-refractivity contribution in [2.24, 2.45) is 0 Å². The summed E-state index contributed by atoms with van der Waals surface area (Å²) in [6.07, 6.45) is 4.98. The molecule has 1 fully saturated rings. The molecule has 0 radical (unpaired) electrons. The van der Waals surface area contributed by atoms with E-state index < -0.39 is 10.0 Å². The van der Waals surface area contributed by atoms with Crippen LogP contribution in [0.2, 0.25) is 5.02 Å². The average molecular weight is 335 g/mol. The van der Waals surface area contributed by atoms with Crippen LogP contribution in [0, 0.1) is 6.92 Å². The zero-order valence-electron chi connectivity index (χ0n) is 11.5. The molecule has 0 aliphatic heterocycles. The molecule has 1 aliphatic rings. The van der Waals surface area contributed by atoms with E-state index in [0.717, 1.165) is 19.3 Å². The Bertz CT molecular complexity index is 581. The van der Waals surface area contributed by atoms with E-state index in [2.05, 4.69) is 4.72 Å². The first-order chi connectivity index (χ1) is 9.35. The van der Waals surface area contributed by atoms with Crippen molar-refractivity contribution in [1.82, 2.24) is 4.72 Å². The first kappa shape index (κ1) is 15.9. The van der Waals surface area contributed by atoms with E-state index in [1.165, 1.54) is 12.1 Å². The number of benzene rings is 1. The summed E-state index contributed by atoms with van der Waals surface area (Å²) in [5, 5.41) is 0.709. The molecule has 1 aliphatic carbocycles. The van der Waals surface area contributed by atoms with Gasteiger partial charge in [0.15, 0.2) is 0 Å². The highest BCUT2D eigenvalue weighted by atomic mass is 35.5. The summed E-state index contributed by atoms with van der Waals surface area (Å²) in [5.74, 6) is 0. The number of nitrogens with one attached hydrogen (secondary N) is 1. The van der Waals surface area contributed by atoms with E-state index in [9.17, 15) is 8.42 Å². The first-order valence-electron chi connectivity index (χ1n) is 6.46. The number of rotatable bonds is 4. The number of anilines is 1. The molecule has 1 saturated carbocycles. The van der Waals surface area contributed by atoms with Crippen molar-refractivity contribution >= 4 is 39.1 Å². The predicted octanol–water partition coefficient (Wildman–Crippen LogP) is 2.79. The Morgan fingerprint density at radius 3 is 2.70 bits per heavy atom. The predicted molar refractivity (Wildman–Crippen MR) is 85.9 cm³/mol. The van der Waals surface area contributed by atoms with Gasteiger partial charge in [-0.2, -0.15) is 11.8 Å². The number of thioether (sulfide) groups is 1. The molecular weight excluding hydrogens is 316 g/mol. The lowest BCUT2D eigenvalue weighted by molar-refractivity contribution is 0.555. The van der Waals surface area contributed by atoms with Gasteiger partial charge in [-0.3, -0.25) is 0 Å². The summed E-state index contributed by atoms with van der Waals surface area (Å²) in [6, 6.07) is 2.90. The van der Waals surface area contributed by atoms with Crippen molar-refractivity contribution in [3.05, 3.63) is 22.7 Å². The third kappa shape index (κ3) is 3.24. The smallest absolute Gasteiger partial charge is 0.240 e. The van der Waals surface area contributed by atoms with Crippen molar-refractivity contribution in [2.45, 2.75) is 42.4 Å². The maximum atomic E-state index is 12.4.